The molecule has 0 saturated carbocycles. The van der Waals surface area contributed by atoms with E-state index < -0.39 is 0 Å². The summed E-state index contributed by atoms with van der Waals surface area (Å²) in [5.74, 6) is 1.50. The lowest BCUT2D eigenvalue weighted by atomic mass is 10.1. The fourth-order valence-corrected chi connectivity index (χ4v) is 1.87. The maximum atomic E-state index is 7.46. The molecule has 0 bridgehead atoms. The number of aryl methyl sites for hydroxylation is 1. The minimum Gasteiger partial charge on any atom is -0.485 e. The van der Waals surface area contributed by atoms with E-state index in [2.05, 4.69) is 10.1 Å². The van der Waals surface area contributed by atoms with Gasteiger partial charge in [-0.15, -0.1) is 0 Å². The van der Waals surface area contributed by atoms with Crippen molar-refractivity contribution in [2.45, 2.75) is 33.4 Å². The average Bonchev–Trinajstić information content (AvgIpc) is 2.86. The first-order valence-electron chi connectivity index (χ1n) is 6.45. The highest BCUT2D eigenvalue weighted by Gasteiger charge is 2.10. The van der Waals surface area contributed by atoms with Crippen LogP contribution in [0.3, 0.4) is 0 Å². The fourth-order valence-electron chi connectivity index (χ4n) is 1.87. The molecular formula is C14H19N5O. The third-order valence-corrected chi connectivity index (χ3v) is 2.99. The normalized spacial score (nSPS) is 10.8. The van der Waals surface area contributed by atoms with Crippen LogP contribution in [0.2, 0.25) is 0 Å². The van der Waals surface area contributed by atoms with Crippen molar-refractivity contribution in [3.05, 3.63) is 41.5 Å². The van der Waals surface area contributed by atoms with Gasteiger partial charge in [-0.05, 0) is 32.4 Å². The van der Waals surface area contributed by atoms with Crippen molar-refractivity contribution in [3.8, 4) is 5.75 Å². The molecule has 0 atom stereocenters. The van der Waals surface area contributed by atoms with E-state index in [-0.39, 0.29) is 11.9 Å². The summed E-state index contributed by atoms with van der Waals surface area (Å²) in [7, 11) is 0. The van der Waals surface area contributed by atoms with Crippen molar-refractivity contribution in [2.24, 2.45) is 5.73 Å². The average molecular weight is 273 g/mol. The zero-order valence-electron chi connectivity index (χ0n) is 11.9. The number of ether oxygens (including phenoxy) is 1. The zero-order valence-corrected chi connectivity index (χ0v) is 11.9. The molecule has 2 rings (SSSR count). The molecule has 20 heavy (non-hydrogen) atoms. The van der Waals surface area contributed by atoms with Gasteiger partial charge in [-0.3, -0.25) is 5.41 Å². The fraction of sp³-hybridized carbons (Fsp3) is 0.357. The Morgan fingerprint density at radius 1 is 1.45 bits per heavy atom. The van der Waals surface area contributed by atoms with E-state index in [9.17, 15) is 0 Å². The van der Waals surface area contributed by atoms with Crippen molar-refractivity contribution in [1.29, 1.82) is 5.41 Å². The van der Waals surface area contributed by atoms with E-state index in [4.69, 9.17) is 15.9 Å². The van der Waals surface area contributed by atoms with E-state index in [1.807, 2.05) is 31.5 Å². The van der Waals surface area contributed by atoms with Crippen LogP contribution in [0.1, 0.15) is 36.8 Å². The maximum absolute atomic E-state index is 7.46. The lowest BCUT2D eigenvalue weighted by molar-refractivity contribution is 0.280. The summed E-state index contributed by atoms with van der Waals surface area (Å²) in [6.07, 6.45) is 1.53. The minimum atomic E-state index is 0.0280. The Morgan fingerprint density at radius 3 is 2.85 bits per heavy atom. The van der Waals surface area contributed by atoms with Gasteiger partial charge in [0.05, 0.1) is 0 Å². The number of nitrogen functional groups attached to an aromatic ring is 1. The van der Waals surface area contributed by atoms with Crippen molar-refractivity contribution in [2.75, 3.05) is 0 Å². The molecule has 0 aliphatic carbocycles. The molecule has 0 unspecified atom stereocenters. The van der Waals surface area contributed by atoms with Crippen LogP contribution in [0.15, 0.2) is 24.5 Å². The summed E-state index contributed by atoms with van der Waals surface area (Å²) in [6.45, 7) is 6.37. The number of amidine groups is 1. The topological polar surface area (TPSA) is 89.8 Å². The molecule has 2 aromatic rings. The summed E-state index contributed by atoms with van der Waals surface area (Å²) in [5, 5.41) is 11.6. The van der Waals surface area contributed by atoms with E-state index in [0.29, 0.717) is 17.9 Å². The van der Waals surface area contributed by atoms with E-state index in [1.165, 1.54) is 6.33 Å². The van der Waals surface area contributed by atoms with Crippen LogP contribution in [-0.2, 0) is 6.61 Å². The minimum absolute atomic E-state index is 0.0280. The van der Waals surface area contributed by atoms with Gasteiger partial charge in [0.15, 0.2) is 5.82 Å². The van der Waals surface area contributed by atoms with Gasteiger partial charge in [-0.1, -0.05) is 12.1 Å². The molecule has 0 amide bonds. The molecule has 0 radical (unpaired) electrons. The summed E-state index contributed by atoms with van der Waals surface area (Å²) >= 11 is 0. The number of rotatable bonds is 5. The number of hydrogen-bond acceptors (Lipinski definition) is 4. The van der Waals surface area contributed by atoms with Crippen LogP contribution < -0.4 is 10.5 Å². The van der Waals surface area contributed by atoms with Crippen LogP contribution in [0.5, 0.6) is 5.75 Å². The molecule has 0 spiro atoms. The Hall–Kier alpha value is -2.37. The predicted molar refractivity (Wildman–Crippen MR) is 76.9 cm³/mol. The largest absolute Gasteiger partial charge is 0.485 e. The van der Waals surface area contributed by atoms with Crippen LogP contribution in [-0.4, -0.2) is 20.6 Å². The Kier molecular flexibility index (Phi) is 4.02. The van der Waals surface area contributed by atoms with E-state index in [1.54, 1.807) is 12.1 Å². The highest BCUT2D eigenvalue weighted by atomic mass is 16.5. The molecule has 1 aromatic carbocycles. The SMILES string of the molecule is Cc1ccc(C(=N)N)cc1OCc1ncnn1C(C)C. The third-order valence-electron chi connectivity index (χ3n) is 2.99. The molecule has 0 aliphatic rings. The van der Waals surface area contributed by atoms with Gasteiger partial charge in [-0.25, -0.2) is 9.67 Å². The number of nitrogens with zero attached hydrogens (tertiary/aromatic N) is 3. The van der Waals surface area contributed by atoms with Gasteiger partial charge in [0.25, 0.3) is 0 Å². The Bertz CT molecular complexity index is 618. The lowest BCUT2D eigenvalue weighted by Crippen LogP contribution is -2.13. The molecular weight excluding hydrogens is 254 g/mol. The molecule has 3 N–H and O–H groups in total. The quantitative estimate of drug-likeness (QED) is 0.644. The molecule has 0 saturated heterocycles. The van der Waals surface area contributed by atoms with Crippen LogP contribution >= 0.6 is 0 Å². The van der Waals surface area contributed by atoms with Crippen LogP contribution in [0.4, 0.5) is 0 Å². The second kappa shape index (κ2) is 5.73. The number of benzene rings is 1. The van der Waals surface area contributed by atoms with Gasteiger partial charge >= 0.3 is 0 Å². The van der Waals surface area contributed by atoms with Crippen molar-refractivity contribution in [1.82, 2.24) is 14.8 Å². The zero-order chi connectivity index (χ0) is 14.7. The highest BCUT2D eigenvalue weighted by molar-refractivity contribution is 5.95. The lowest BCUT2D eigenvalue weighted by Gasteiger charge is -2.12. The van der Waals surface area contributed by atoms with Crippen LogP contribution in [0.25, 0.3) is 0 Å². The Balaban J connectivity index is 2.16. The number of nitrogens with two attached hydrogens (primary N) is 1. The number of hydrogen-bond donors (Lipinski definition) is 2. The number of nitrogens with one attached hydrogen (secondary N) is 1. The molecule has 106 valence electrons. The van der Waals surface area contributed by atoms with Gasteiger partial charge in [0.1, 0.15) is 24.5 Å². The van der Waals surface area contributed by atoms with Gasteiger partial charge in [0.2, 0.25) is 0 Å². The molecule has 6 heteroatoms. The summed E-state index contributed by atoms with van der Waals surface area (Å²) in [6, 6.07) is 5.70. The first kappa shape index (κ1) is 14.0. The smallest absolute Gasteiger partial charge is 0.165 e. The second-order valence-corrected chi connectivity index (χ2v) is 4.90. The maximum Gasteiger partial charge on any atom is 0.165 e. The highest BCUT2D eigenvalue weighted by Crippen LogP contribution is 2.20. The van der Waals surface area contributed by atoms with Crippen molar-refractivity contribution in [3.63, 3.8) is 0 Å². The summed E-state index contributed by atoms with van der Waals surface area (Å²) in [5.41, 5.74) is 7.13. The van der Waals surface area contributed by atoms with Crippen molar-refractivity contribution < 1.29 is 4.74 Å². The van der Waals surface area contributed by atoms with Gasteiger partial charge in [-0.2, -0.15) is 5.10 Å². The van der Waals surface area contributed by atoms with Gasteiger partial charge in [0, 0.05) is 11.6 Å². The van der Waals surface area contributed by atoms with E-state index in [0.717, 1.165) is 11.4 Å². The van der Waals surface area contributed by atoms with Crippen molar-refractivity contribution >= 4 is 5.84 Å². The first-order valence-corrected chi connectivity index (χ1v) is 6.45. The molecule has 0 fully saturated rings. The predicted octanol–water partition coefficient (Wildman–Crippen LogP) is 2.03. The summed E-state index contributed by atoms with van der Waals surface area (Å²) < 4.78 is 7.61. The standard InChI is InChI=1S/C14H19N5O/c1-9(2)19-13(17-8-18-19)7-20-12-6-11(14(15)16)5-4-10(12)3/h4-6,8-9H,7H2,1-3H3,(H3,15,16). The monoisotopic (exact) mass is 273 g/mol. The summed E-state index contributed by atoms with van der Waals surface area (Å²) in [4.78, 5) is 4.20. The molecule has 6 nitrogen and oxygen atoms in total. The molecule has 1 heterocycles. The second-order valence-electron chi connectivity index (χ2n) is 4.90. The first-order chi connectivity index (χ1) is 9.49. The van der Waals surface area contributed by atoms with Crippen LogP contribution in [0, 0.1) is 12.3 Å². The van der Waals surface area contributed by atoms with Gasteiger partial charge < -0.3 is 10.5 Å². The molecule has 0 aliphatic heterocycles. The van der Waals surface area contributed by atoms with E-state index >= 15 is 0 Å². The molecule has 1 aromatic heterocycles. The third kappa shape index (κ3) is 2.96. The number of aromatic nitrogens is 3. The Labute approximate surface area is 118 Å². The Morgan fingerprint density at radius 2 is 2.20 bits per heavy atom.